The maximum absolute atomic E-state index is 12.7. The van der Waals surface area contributed by atoms with Crippen LogP contribution < -0.4 is 9.47 Å². The largest absolute Gasteiger partial charge is 0.486 e. The molecule has 0 N–H and O–H groups in total. The number of ether oxygens (including phenoxy) is 2. The van der Waals surface area contributed by atoms with E-state index in [1.165, 1.54) is 0 Å². The van der Waals surface area contributed by atoms with Gasteiger partial charge in [0.25, 0.3) is 0 Å². The zero-order valence-electron chi connectivity index (χ0n) is 16.8. The first-order valence-electron chi connectivity index (χ1n) is 9.44. The maximum atomic E-state index is 12.7. The number of benzene rings is 3. The highest BCUT2D eigenvalue weighted by atomic mass is 16.5. The Hall–Kier alpha value is -3.58. The summed E-state index contributed by atoms with van der Waals surface area (Å²) < 4.78 is 11.4. The number of nitriles is 1. The van der Waals surface area contributed by atoms with Crippen molar-refractivity contribution >= 4 is 5.78 Å². The van der Waals surface area contributed by atoms with Crippen LogP contribution in [0.2, 0.25) is 0 Å². The lowest BCUT2D eigenvalue weighted by Gasteiger charge is -2.16. The smallest absolute Gasteiger partial charge is 0.191 e. The molecule has 0 aromatic heterocycles. The van der Waals surface area contributed by atoms with Crippen LogP contribution in [0.1, 0.15) is 28.2 Å². The van der Waals surface area contributed by atoms with Crippen molar-refractivity contribution in [3.8, 4) is 23.3 Å². The monoisotopic (exact) mass is 385 g/mol. The van der Waals surface area contributed by atoms with Crippen LogP contribution in [-0.2, 0) is 4.79 Å². The molecule has 3 aromatic carbocycles. The first-order chi connectivity index (χ1) is 14.0. The molecule has 146 valence electrons. The molecule has 0 amide bonds. The van der Waals surface area contributed by atoms with Crippen molar-refractivity contribution in [2.24, 2.45) is 0 Å². The minimum atomic E-state index is -0.837. The summed E-state index contributed by atoms with van der Waals surface area (Å²) in [6.45, 7) is 5.70. The third-order valence-corrected chi connectivity index (χ3v) is 4.66. The van der Waals surface area contributed by atoms with Crippen molar-refractivity contribution in [3.05, 3.63) is 89.0 Å². The van der Waals surface area contributed by atoms with E-state index in [-0.39, 0.29) is 12.4 Å². The van der Waals surface area contributed by atoms with Gasteiger partial charge in [0.05, 0.1) is 6.07 Å². The van der Waals surface area contributed by atoms with E-state index in [2.05, 4.69) is 6.07 Å². The van der Waals surface area contributed by atoms with E-state index in [0.717, 1.165) is 28.0 Å². The quantitative estimate of drug-likeness (QED) is 0.526. The fraction of sp³-hybridized carbons (Fsp3) is 0.200. The molecule has 0 radical (unpaired) electrons. The number of Topliss-reactive ketones (excluding diaryl/α,β-unsaturated/α-hetero) is 1. The SMILES string of the molecule is Cc1cc(C)c(C(C#N)C(=O)COc2ccc(Oc3ccccc3)cc2)c(C)c1. The maximum Gasteiger partial charge on any atom is 0.191 e. The van der Waals surface area contributed by atoms with Gasteiger partial charge in [-0.15, -0.1) is 0 Å². The van der Waals surface area contributed by atoms with E-state index in [9.17, 15) is 10.1 Å². The Morgan fingerprint density at radius 1 is 0.897 bits per heavy atom. The number of hydrogen-bond acceptors (Lipinski definition) is 4. The highest BCUT2D eigenvalue weighted by Gasteiger charge is 2.24. The molecule has 0 fully saturated rings. The lowest BCUT2D eigenvalue weighted by atomic mass is 9.88. The number of rotatable bonds is 7. The average molecular weight is 385 g/mol. The van der Waals surface area contributed by atoms with Crippen molar-refractivity contribution in [3.63, 3.8) is 0 Å². The summed E-state index contributed by atoms with van der Waals surface area (Å²) in [5.41, 5.74) is 3.79. The van der Waals surface area contributed by atoms with Gasteiger partial charge in [-0.3, -0.25) is 4.79 Å². The summed E-state index contributed by atoms with van der Waals surface area (Å²) in [5.74, 6) is 0.879. The third-order valence-electron chi connectivity index (χ3n) is 4.66. The van der Waals surface area contributed by atoms with Crippen LogP contribution >= 0.6 is 0 Å². The number of carbonyl (C=O) groups excluding carboxylic acids is 1. The molecule has 0 saturated heterocycles. The van der Waals surface area contributed by atoms with Crippen LogP contribution in [0.5, 0.6) is 17.2 Å². The van der Waals surface area contributed by atoms with E-state index in [1.807, 2.05) is 63.2 Å². The molecule has 3 rings (SSSR count). The van der Waals surface area contributed by atoms with Gasteiger partial charge in [0, 0.05) is 0 Å². The molecule has 0 aliphatic heterocycles. The van der Waals surface area contributed by atoms with Crippen LogP contribution in [0.15, 0.2) is 66.7 Å². The molecule has 0 bridgehead atoms. The first-order valence-corrected chi connectivity index (χ1v) is 9.44. The highest BCUT2D eigenvalue weighted by molar-refractivity contribution is 5.90. The number of nitrogens with zero attached hydrogens (tertiary/aromatic N) is 1. The van der Waals surface area contributed by atoms with Crippen LogP contribution in [-0.4, -0.2) is 12.4 Å². The van der Waals surface area contributed by atoms with Crippen molar-refractivity contribution in [1.29, 1.82) is 5.26 Å². The molecule has 0 aliphatic rings. The van der Waals surface area contributed by atoms with Gasteiger partial charge in [-0.2, -0.15) is 5.26 Å². The van der Waals surface area contributed by atoms with Gasteiger partial charge in [-0.05, 0) is 73.9 Å². The Bertz CT molecular complexity index is 1010. The third kappa shape index (κ3) is 5.03. The molecule has 0 aliphatic carbocycles. The summed E-state index contributed by atoms with van der Waals surface area (Å²) in [4.78, 5) is 12.7. The zero-order valence-corrected chi connectivity index (χ0v) is 16.8. The minimum Gasteiger partial charge on any atom is -0.486 e. The first kappa shape index (κ1) is 20.2. The summed E-state index contributed by atoms with van der Waals surface area (Å²) in [5, 5.41) is 9.60. The van der Waals surface area contributed by atoms with Gasteiger partial charge in [0.2, 0.25) is 0 Å². The molecule has 4 nitrogen and oxygen atoms in total. The van der Waals surface area contributed by atoms with Gasteiger partial charge in [0.15, 0.2) is 5.78 Å². The average Bonchev–Trinajstić information content (AvgIpc) is 2.70. The number of carbonyl (C=O) groups is 1. The van der Waals surface area contributed by atoms with Crippen LogP contribution in [0.3, 0.4) is 0 Å². The Morgan fingerprint density at radius 3 is 2.03 bits per heavy atom. The standard InChI is InChI=1S/C25H23NO3/c1-17-13-18(2)25(19(3)14-17)23(15-26)24(27)16-28-20-9-11-22(12-10-20)29-21-7-5-4-6-8-21/h4-14,23H,16H2,1-3H3. The van der Waals surface area contributed by atoms with Crippen molar-refractivity contribution in [2.75, 3.05) is 6.61 Å². The van der Waals surface area contributed by atoms with E-state index >= 15 is 0 Å². The van der Waals surface area contributed by atoms with Gasteiger partial charge < -0.3 is 9.47 Å². The van der Waals surface area contributed by atoms with E-state index in [4.69, 9.17) is 9.47 Å². The zero-order chi connectivity index (χ0) is 20.8. The van der Waals surface area contributed by atoms with Crippen molar-refractivity contribution < 1.29 is 14.3 Å². The van der Waals surface area contributed by atoms with Crippen LogP contribution in [0.4, 0.5) is 0 Å². The molecule has 1 atom stereocenters. The fourth-order valence-electron chi connectivity index (χ4n) is 3.41. The summed E-state index contributed by atoms with van der Waals surface area (Å²) in [7, 11) is 0. The van der Waals surface area contributed by atoms with Gasteiger partial charge in [-0.25, -0.2) is 0 Å². The molecule has 4 heteroatoms. The van der Waals surface area contributed by atoms with E-state index < -0.39 is 5.92 Å². The van der Waals surface area contributed by atoms with E-state index in [0.29, 0.717) is 11.5 Å². The summed E-state index contributed by atoms with van der Waals surface area (Å²) >= 11 is 0. The molecular formula is C25H23NO3. The van der Waals surface area contributed by atoms with Gasteiger partial charge in [0.1, 0.15) is 29.8 Å². The number of hydrogen-bond donors (Lipinski definition) is 0. The minimum absolute atomic E-state index is 0.163. The summed E-state index contributed by atoms with van der Waals surface area (Å²) in [6, 6.07) is 22.7. The van der Waals surface area contributed by atoms with Crippen molar-refractivity contribution in [1.82, 2.24) is 0 Å². The van der Waals surface area contributed by atoms with Crippen LogP contribution in [0, 0.1) is 32.1 Å². The molecule has 1 unspecified atom stereocenters. The molecule has 0 spiro atoms. The summed E-state index contributed by atoms with van der Waals surface area (Å²) in [6.07, 6.45) is 0. The molecule has 0 heterocycles. The highest BCUT2D eigenvalue weighted by Crippen LogP contribution is 2.27. The van der Waals surface area contributed by atoms with Gasteiger partial charge >= 0.3 is 0 Å². The second kappa shape index (κ2) is 9.07. The van der Waals surface area contributed by atoms with Crippen LogP contribution in [0.25, 0.3) is 0 Å². The molecular weight excluding hydrogens is 362 g/mol. The molecule has 29 heavy (non-hydrogen) atoms. The molecule has 0 saturated carbocycles. The Morgan fingerprint density at radius 2 is 1.45 bits per heavy atom. The normalized spacial score (nSPS) is 11.4. The predicted molar refractivity (Wildman–Crippen MR) is 112 cm³/mol. The Balaban J connectivity index is 1.64. The number of ketones is 1. The van der Waals surface area contributed by atoms with E-state index in [1.54, 1.807) is 24.3 Å². The predicted octanol–water partition coefficient (Wildman–Crippen LogP) is 5.66. The van der Waals surface area contributed by atoms with Gasteiger partial charge in [-0.1, -0.05) is 35.9 Å². The Labute approximate surface area is 171 Å². The Kier molecular flexibility index (Phi) is 6.31. The lowest BCUT2D eigenvalue weighted by molar-refractivity contribution is -0.121. The van der Waals surface area contributed by atoms with Crippen molar-refractivity contribution in [2.45, 2.75) is 26.7 Å². The second-order valence-corrected chi connectivity index (χ2v) is 7.02. The fourth-order valence-corrected chi connectivity index (χ4v) is 3.41. The number of aryl methyl sites for hydroxylation is 3. The lowest BCUT2D eigenvalue weighted by Crippen LogP contribution is -2.20. The second-order valence-electron chi connectivity index (χ2n) is 7.02. The topological polar surface area (TPSA) is 59.3 Å². The molecule has 3 aromatic rings. The number of para-hydroxylation sites is 1.